The van der Waals surface area contributed by atoms with E-state index < -0.39 is 9.84 Å². The number of pyridine rings is 1. The van der Waals surface area contributed by atoms with Crippen molar-refractivity contribution in [2.24, 2.45) is 0 Å². The lowest BCUT2D eigenvalue weighted by Gasteiger charge is -2.23. The third kappa shape index (κ3) is 4.57. The summed E-state index contributed by atoms with van der Waals surface area (Å²) in [7, 11) is -1.62. The van der Waals surface area contributed by atoms with Gasteiger partial charge in [0, 0.05) is 42.9 Å². The molecule has 0 spiro atoms. The summed E-state index contributed by atoms with van der Waals surface area (Å²) in [6, 6.07) is 11.1. The number of aromatic nitrogens is 4. The highest BCUT2D eigenvalue weighted by Gasteiger charge is 2.25. The second-order valence-corrected chi connectivity index (χ2v) is 12.1. The number of methoxy groups -OCH3 is 1. The number of aryl methyl sites for hydroxylation is 2. The van der Waals surface area contributed by atoms with Crippen molar-refractivity contribution in [3.63, 3.8) is 0 Å². The van der Waals surface area contributed by atoms with Crippen LogP contribution in [0, 0.1) is 13.8 Å². The van der Waals surface area contributed by atoms with Gasteiger partial charge in [-0.15, -0.1) is 0 Å². The fraction of sp³-hybridized carbons (Fsp3) is 0.345. The summed E-state index contributed by atoms with van der Waals surface area (Å²) in [6.45, 7) is 5.74. The van der Waals surface area contributed by atoms with E-state index in [9.17, 15) is 8.42 Å². The minimum absolute atomic E-state index is 0.250. The number of benzene rings is 2. The Hall–Kier alpha value is -3.76. The molecular formula is C29H30N4O5S. The molecule has 5 aromatic rings. The number of rotatable bonds is 6. The molecule has 0 unspecified atom stereocenters. The summed E-state index contributed by atoms with van der Waals surface area (Å²) >= 11 is 0. The first-order chi connectivity index (χ1) is 18.7. The van der Waals surface area contributed by atoms with Gasteiger partial charge in [-0.05, 0) is 56.5 Å². The Bertz CT molecular complexity index is 1780. The molecule has 0 saturated carbocycles. The molecule has 9 nitrogen and oxygen atoms in total. The standard InChI is InChI=1S/C29H30N4O5S/c1-17-27(18(2)38-32-17)23-13-24-22(14-26(23)36-3)28-25(15-30-24)31-29(20-9-11-37-12-10-20)33(28)16-19-5-7-21(8-6-19)39(4,34)35/h5-8,13-15,20H,9-12,16H2,1-4H3. The van der Waals surface area contributed by atoms with Crippen LogP contribution in [0.5, 0.6) is 5.75 Å². The van der Waals surface area contributed by atoms with Crippen LogP contribution in [0.3, 0.4) is 0 Å². The van der Waals surface area contributed by atoms with Crippen molar-refractivity contribution < 1.29 is 22.4 Å². The molecule has 3 aromatic heterocycles. The smallest absolute Gasteiger partial charge is 0.175 e. The van der Waals surface area contributed by atoms with E-state index in [0.29, 0.717) is 30.4 Å². The van der Waals surface area contributed by atoms with Gasteiger partial charge in [-0.1, -0.05) is 17.3 Å². The minimum atomic E-state index is -3.27. The molecule has 39 heavy (non-hydrogen) atoms. The highest BCUT2D eigenvalue weighted by atomic mass is 32.2. The summed E-state index contributed by atoms with van der Waals surface area (Å²) in [4.78, 5) is 10.2. The van der Waals surface area contributed by atoms with Crippen molar-refractivity contribution in [2.75, 3.05) is 26.6 Å². The monoisotopic (exact) mass is 546 g/mol. The van der Waals surface area contributed by atoms with Gasteiger partial charge in [-0.2, -0.15) is 0 Å². The van der Waals surface area contributed by atoms with Crippen molar-refractivity contribution in [1.82, 2.24) is 19.7 Å². The van der Waals surface area contributed by atoms with Gasteiger partial charge in [0.2, 0.25) is 0 Å². The average molecular weight is 547 g/mol. The zero-order chi connectivity index (χ0) is 27.3. The molecule has 202 valence electrons. The lowest BCUT2D eigenvalue weighted by Crippen LogP contribution is -2.18. The van der Waals surface area contributed by atoms with Crippen LogP contribution in [-0.2, 0) is 21.1 Å². The minimum Gasteiger partial charge on any atom is -0.496 e. The van der Waals surface area contributed by atoms with Crippen LogP contribution in [0.1, 0.15) is 41.6 Å². The Morgan fingerprint density at radius 3 is 2.46 bits per heavy atom. The molecule has 0 N–H and O–H groups in total. The maximum atomic E-state index is 12.0. The third-order valence-corrected chi connectivity index (χ3v) is 8.63. The van der Waals surface area contributed by atoms with E-state index in [1.54, 1.807) is 19.2 Å². The van der Waals surface area contributed by atoms with Gasteiger partial charge in [-0.3, -0.25) is 4.98 Å². The zero-order valence-electron chi connectivity index (χ0n) is 22.4. The van der Waals surface area contributed by atoms with Crippen LogP contribution in [0.25, 0.3) is 33.1 Å². The van der Waals surface area contributed by atoms with Gasteiger partial charge >= 0.3 is 0 Å². The third-order valence-electron chi connectivity index (χ3n) is 7.50. The lowest BCUT2D eigenvalue weighted by atomic mass is 9.99. The van der Waals surface area contributed by atoms with Crippen LogP contribution in [0.15, 0.2) is 52.0 Å². The Labute approximate surface area is 226 Å². The predicted octanol–water partition coefficient (Wildman–Crippen LogP) is 5.21. The second-order valence-electron chi connectivity index (χ2n) is 10.1. The fourth-order valence-corrected chi connectivity index (χ4v) is 6.17. The van der Waals surface area contributed by atoms with Crippen molar-refractivity contribution in [2.45, 2.75) is 44.0 Å². The number of sulfone groups is 1. The van der Waals surface area contributed by atoms with E-state index in [1.165, 1.54) is 6.26 Å². The van der Waals surface area contributed by atoms with E-state index in [1.807, 2.05) is 44.3 Å². The summed E-state index contributed by atoms with van der Waals surface area (Å²) < 4.78 is 43.2. The molecule has 0 atom stereocenters. The normalized spacial score (nSPS) is 14.9. The molecule has 0 amide bonds. The van der Waals surface area contributed by atoms with Gasteiger partial charge in [0.15, 0.2) is 9.84 Å². The molecule has 1 aliphatic rings. The quantitative estimate of drug-likeness (QED) is 0.286. The number of hydrogen-bond donors (Lipinski definition) is 0. The predicted molar refractivity (Wildman–Crippen MR) is 148 cm³/mol. The van der Waals surface area contributed by atoms with Crippen LogP contribution >= 0.6 is 0 Å². The number of ether oxygens (including phenoxy) is 2. The Morgan fingerprint density at radius 2 is 1.82 bits per heavy atom. The SMILES string of the molecule is COc1cc2c(cc1-c1c(C)noc1C)ncc1nc(C3CCOCC3)n(Cc3ccc(S(C)(=O)=O)cc3)c12. The van der Waals surface area contributed by atoms with Crippen molar-refractivity contribution in [3.8, 4) is 16.9 Å². The molecule has 0 bridgehead atoms. The van der Waals surface area contributed by atoms with Crippen molar-refractivity contribution >= 4 is 31.8 Å². The van der Waals surface area contributed by atoms with Gasteiger partial charge in [0.25, 0.3) is 0 Å². The van der Waals surface area contributed by atoms with E-state index >= 15 is 0 Å². The molecule has 1 aliphatic heterocycles. The number of imidazole rings is 1. The van der Waals surface area contributed by atoms with Crippen molar-refractivity contribution in [3.05, 3.63) is 65.4 Å². The molecule has 1 fully saturated rings. The molecule has 6 rings (SSSR count). The van der Waals surface area contributed by atoms with Gasteiger partial charge < -0.3 is 18.6 Å². The Kier molecular flexibility index (Phi) is 6.39. The Balaban J connectivity index is 1.56. The summed E-state index contributed by atoms with van der Waals surface area (Å²) in [5.41, 5.74) is 6.14. The lowest BCUT2D eigenvalue weighted by molar-refractivity contribution is 0.0830. The molecule has 4 heterocycles. The summed E-state index contributed by atoms with van der Waals surface area (Å²) in [6.07, 6.45) is 4.83. The van der Waals surface area contributed by atoms with Crippen LogP contribution in [0.4, 0.5) is 0 Å². The summed E-state index contributed by atoms with van der Waals surface area (Å²) in [5, 5.41) is 5.05. The van der Waals surface area contributed by atoms with Crippen LogP contribution in [-0.4, -0.2) is 54.7 Å². The highest BCUT2D eigenvalue weighted by Crippen LogP contribution is 2.40. The van der Waals surface area contributed by atoms with E-state index in [2.05, 4.69) is 9.72 Å². The topological polar surface area (TPSA) is 109 Å². The van der Waals surface area contributed by atoms with Crippen LogP contribution < -0.4 is 4.74 Å². The van der Waals surface area contributed by atoms with Crippen molar-refractivity contribution in [1.29, 1.82) is 0 Å². The molecule has 2 aromatic carbocycles. The number of fused-ring (bicyclic) bond motifs is 3. The molecular weight excluding hydrogens is 516 g/mol. The van der Waals surface area contributed by atoms with E-state index in [0.717, 1.165) is 68.7 Å². The second kappa shape index (κ2) is 9.77. The van der Waals surface area contributed by atoms with Gasteiger partial charge in [0.05, 0.1) is 40.5 Å². The zero-order valence-corrected chi connectivity index (χ0v) is 23.2. The molecule has 0 radical (unpaired) electrons. The number of nitrogens with zero attached hydrogens (tertiary/aromatic N) is 4. The van der Waals surface area contributed by atoms with Gasteiger partial charge in [-0.25, -0.2) is 13.4 Å². The first kappa shape index (κ1) is 25.5. The first-order valence-electron chi connectivity index (χ1n) is 12.9. The largest absolute Gasteiger partial charge is 0.496 e. The number of hydrogen-bond acceptors (Lipinski definition) is 8. The average Bonchev–Trinajstić information content (AvgIpc) is 3.47. The molecule has 10 heteroatoms. The maximum Gasteiger partial charge on any atom is 0.175 e. The summed E-state index contributed by atoms with van der Waals surface area (Å²) in [5.74, 6) is 2.66. The first-order valence-corrected chi connectivity index (χ1v) is 14.8. The molecule has 0 aliphatic carbocycles. The highest BCUT2D eigenvalue weighted by molar-refractivity contribution is 7.90. The van der Waals surface area contributed by atoms with E-state index in [-0.39, 0.29) is 5.92 Å². The van der Waals surface area contributed by atoms with Gasteiger partial charge in [0.1, 0.15) is 22.9 Å². The fourth-order valence-electron chi connectivity index (χ4n) is 5.54. The molecule has 1 saturated heterocycles. The van der Waals surface area contributed by atoms with E-state index in [4.69, 9.17) is 24.0 Å². The maximum absolute atomic E-state index is 12.0. The Morgan fingerprint density at radius 1 is 1.08 bits per heavy atom. The van der Waals surface area contributed by atoms with Crippen LogP contribution in [0.2, 0.25) is 0 Å².